The topological polar surface area (TPSA) is 72.9 Å². The molecule has 1 heterocycles. The zero-order valence-electron chi connectivity index (χ0n) is 13.3. The highest BCUT2D eigenvalue weighted by atomic mass is 16.4. The van der Waals surface area contributed by atoms with Gasteiger partial charge in [-0.1, -0.05) is 20.8 Å². The van der Waals surface area contributed by atoms with Gasteiger partial charge in [0.25, 0.3) is 0 Å². The minimum Gasteiger partial charge on any atom is -0.480 e. The Hall–Kier alpha value is -1.30. The van der Waals surface area contributed by atoms with Gasteiger partial charge in [-0.05, 0) is 24.2 Å². The van der Waals surface area contributed by atoms with E-state index < -0.39 is 17.4 Å². The van der Waals surface area contributed by atoms with E-state index in [4.69, 9.17) is 0 Å². The summed E-state index contributed by atoms with van der Waals surface area (Å²) >= 11 is 0. The van der Waals surface area contributed by atoms with E-state index in [2.05, 4.69) is 10.2 Å². The number of carbonyl (C=O) groups is 2. The molecule has 1 saturated heterocycles. The summed E-state index contributed by atoms with van der Waals surface area (Å²) in [5, 5.41) is 11.9. The van der Waals surface area contributed by atoms with E-state index in [1.54, 1.807) is 4.90 Å². The van der Waals surface area contributed by atoms with Gasteiger partial charge in [0.15, 0.2) is 0 Å². The monoisotopic (exact) mass is 297 g/mol. The lowest BCUT2D eigenvalue weighted by atomic mass is 9.87. The predicted octanol–water partition coefficient (Wildman–Crippen LogP) is 1.22. The van der Waals surface area contributed by atoms with Gasteiger partial charge in [0.2, 0.25) is 0 Å². The van der Waals surface area contributed by atoms with Crippen molar-refractivity contribution in [3.8, 4) is 0 Å². The second-order valence-corrected chi connectivity index (χ2v) is 7.32. The summed E-state index contributed by atoms with van der Waals surface area (Å²) in [5.74, 6) is -0.120. The number of rotatable bonds is 4. The molecule has 2 N–H and O–H groups in total. The first-order valence-electron chi connectivity index (χ1n) is 7.78. The van der Waals surface area contributed by atoms with Crippen molar-refractivity contribution < 1.29 is 14.7 Å². The summed E-state index contributed by atoms with van der Waals surface area (Å²) in [5.41, 5.74) is -0.505. The smallest absolute Gasteiger partial charge is 0.326 e. The van der Waals surface area contributed by atoms with Crippen molar-refractivity contribution in [2.45, 2.75) is 39.7 Å². The average molecular weight is 297 g/mol. The number of nitrogens with zero attached hydrogens (tertiary/aromatic N) is 2. The fraction of sp³-hybridized carbons (Fsp3) is 0.867. The van der Waals surface area contributed by atoms with Crippen molar-refractivity contribution in [3.05, 3.63) is 0 Å². The van der Waals surface area contributed by atoms with Crippen LogP contribution in [-0.4, -0.2) is 65.7 Å². The number of carboxylic acids is 1. The van der Waals surface area contributed by atoms with Gasteiger partial charge < -0.3 is 15.3 Å². The van der Waals surface area contributed by atoms with Crippen LogP contribution in [-0.2, 0) is 4.79 Å². The van der Waals surface area contributed by atoms with E-state index in [1.807, 2.05) is 20.8 Å². The van der Waals surface area contributed by atoms with Gasteiger partial charge in [-0.3, -0.25) is 4.90 Å². The Balaban J connectivity index is 1.81. The maximum Gasteiger partial charge on any atom is 0.326 e. The van der Waals surface area contributed by atoms with Crippen LogP contribution in [0.4, 0.5) is 4.79 Å². The largest absolute Gasteiger partial charge is 0.480 e. The summed E-state index contributed by atoms with van der Waals surface area (Å²) in [7, 11) is 0. The molecule has 1 saturated carbocycles. The number of carbonyl (C=O) groups excluding carboxylic acids is 1. The van der Waals surface area contributed by atoms with Crippen LogP contribution in [0.5, 0.6) is 0 Å². The maximum atomic E-state index is 12.2. The molecule has 0 radical (unpaired) electrons. The molecule has 6 nitrogen and oxygen atoms in total. The molecule has 2 amide bonds. The predicted molar refractivity (Wildman–Crippen MR) is 80.1 cm³/mol. The normalized spacial score (nSPS) is 22.0. The summed E-state index contributed by atoms with van der Waals surface area (Å²) in [6.45, 7) is 9.73. The van der Waals surface area contributed by atoms with Crippen molar-refractivity contribution in [1.82, 2.24) is 15.1 Å². The summed E-state index contributed by atoms with van der Waals surface area (Å²) in [6, 6.07) is -1.13. The number of nitrogens with one attached hydrogen (secondary N) is 1. The number of hydrogen-bond donors (Lipinski definition) is 2. The molecule has 6 heteroatoms. The SMILES string of the molecule is CC(C)(C)[C@@H](NC(=O)N1CCN(CC2CC2)CC1)C(=O)O. The lowest BCUT2D eigenvalue weighted by Gasteiger charge is -2.36. The third-order valence-electron chi connectivity index (χ3n) is 4.25. The molecule has 2 aliphatic rings. The average Bonchev–Trinajstić information content (AvgIpc) is 3.18. The second-order valence-electron chi connectivity index (χ2n) is 7.32. The van der Waals surface area contributed by atoms with Gasteiger partial charge in [-0.15, -0.1) is 0 Å². The summed E-state index contributed by atoms with van der Waals surface area (Å²) < 4.78 is 0. The second kappa shape index (κ2) is 6.22. The Bertz CT molecular complexity index is 393. The molecule has 0 unspecified atom stereocenters. The first kappa shape index (κ1) is 16.1. The Morgan fingerprint density at radius 1 is 1.19 bits per heavy atom. The summed E-state index contributed by atoms with van der Waals surface area (Å²) in [4.78, 5) is 27.7. The number of amides is 2. The molecular formula is C15H27N3O3. The van der Waals surface area contributed by atoms with Gasteiger partial charge in [0, 0.05) is 32.7 Å². The number of urea groups is 1. The number of hydrogen-bond acceptors (Lipinski definition) is 3. The van der Waals surface area contributed by atoms with E-state index >= 15 is 0 Å². The van der Waals surface area contributed by atoms with Crippen LogP contribution in [0.3, 0.4) is 0 Å². The molecule has 21 heavy (non-hydrogen) atoms. The molecule has 0 aromatic rings. The van der Waals surface area contributed by atoms with E-state index in [-0.39, 0.29) is 6.03 Å². The molecule has 120 valence electrons. The van der Waals surface area contributed by atoms with Gasteiger partial charge in [-0.25, -0.2) is 9.59 Å². The summed E-state index contributed by atoms with van der Waals surface area (Å²) in [6.07, 6.45) is 2.68. The molecular weight excluding hydrogens is 270 g/mol. The maximum absolute atomic E-state index is 12.2. The van der Waals surface area contributed by atoms with E-state index in [0.29, 0.717) is 13.1 Å². The first-order chi connectivity index (χ1) is 9.77. The van der Waals surface area contributed by atoms with Crippen LogP contribution in [0.25, 0.3) is 0 Å². The van der Waals surface area contributed by atoms with Crippen molar-refractivity contribution in [1.29, 1.82) is 0 Å². The molecule has 0 bridgehead atoms. The van der Waals surface area contributed by atoms with Gasteiger partial charge >= 0.3 is 12.0 Å². The molecule has 1 aliphatic carbocycles. The third-order valence-corrected chi connectivity index (χ3v) is 4.25. The highest BCUT2D eigenvalue weighted by Gasteiger charge is 2.34. The molecule has 1 aliphatic heterocycles. The number of piperazine rings is 1. The zero-order valence-corrected chi connectivity index (χ0v) is 13.3. The van der Waals surface area contributed by atoms with Gasteiger partial charge in [0.1, 0.15) is 6.04 Å². The van der Waals surface area contributed by atoms with E-state index in [0.717, 1.165) is 25.6 Å². The molecule has 1 atom stereocenters. The molecule has 2 fully saturated rings. The molecule has 2 rings (SSSR count). The third kappa shape index (κ3) is 4.59. The number of aliphatic carboxylic acids is 1. The zero-order chi connectivity index (χ0) is 15.6. The highest BCUT2D eigenvalue weighted by Crippen LogP contribution is 2.29. The van der Waals surface area contributed by atoms with Crippen molar-refractivity contribution in [2.75, 3.05) is 32.7 Å². The van der Waals surface area contributed by atoms with Crippen molar-refractivity contribution in [2.24, 2.45) is 11.3 Å². The van der Waals surface area contributed by atoms with Crippen molar-refractivity contribution >= 4 is 12.0 Å². The van der Waals surface area contributed by atoms with E-state index in [9.17, 15) is 14.7 Å². The van der Waals surface area contributed by atoms with Crippen LogP contribution < -0.4 is 5.32 Å². The standard InChI is InChI=1S/C15H27N3O3/c1-15(2,3)12(13(19)20)16-14(21)18-8-6-17(7-9-18)10-11-4-5-11/h11-12H,4-10H2,1-3H3,(H,16,21)(H,19,20)/t12-/m0/s1. The van der Waals surface area contributed by atoms with Crippen molar-refractivity contribution in [3.63, 3.8) is 0 Å². The first-order valence-corrected chi connectivity index (χ1v) is 7.78. The van der Waals surface area contributed by atoms with Crippen LogP contribution in [0.1, 0.15) is 33.6 Å². The lowest BCUT2D eigenvalue weighted by Crippen LogP contribution is -2.57. The minimum atomic E-state index is -0.983. The Morgan fingerprint density at radius 2 is 1.76 bits per heavy atom. The van der Waals surface area contributed by atoms with Gasteiger partial charge in [0.05, 0.1) is 0 Å². The van der Waals surface area contributed by atoms with Crippen LogP contribution >= 0.6 is 0 Å². The van der Waals surface area contributed by atoms with Crippen LogP contribution in [0, 0.1) is 11.3 Å². The Kier molecular flexibility index (Phi) is 4.76. The number of carboxylic acid groups (broad SMARTS) is 1. The Morgan fingerprint density at radius 3 is 2.19 bits per heavy atom. The molecule has 0 spiro atoms. The quantitative estimate of drug-likeness (QED) is 0.818. The van der Waals surface area contributed by atoms with Gasteiger partial charge in [-0.2, -0.15) is 0 Å². The minimum absolute atomic E-state index is 0.261. The molecule has 0 aromatic carbocycles. The Labute approximate surface area is 126 Å². The highest BCUT2D eigenvalue weighted by molar-refractivity contribution is 5.83. The van der Waals surface area contributed by atoms with E-state index in [1.165, 1.54) is 12.8 Å². The molecule has 0 aromatic heterocycles. The fourth-order valence-electron chi connectivity index (χ4n) is 2.66. The lowest BCUT2D eigenvalue weighted by molar-refractivity contribution is -0.142. The fourth-order valence-corrected chi connectivity index (χ4v) is 2.66. The van der Waals surface area contributed by atoms with Crippen LogP contribution in [0.2, 0.25) is 0 Å². The van der Waals surface area contributed by atoms with Crippen LogP contribution in [0.15, 0.2) is 0 Å².